The zero-order valence-electron chi connectivity index (χ0n) is 14.1. The lowest BCUT2D eigenvalue weighted by Gasteiger charge is -2.37. The van der Waals surface area contributed by atoms with Crippen LogP contribution in [0.15, 0.2) is 0 Å². The minimum absolute atomic E-state index is 0.0148. The predicted molar refractivity (Wildman–Crippen MR) is 87.1 cm³/mol. The van der Waals surface area contributed by atoms with Crippen LogP contribution in [0.4, 0.5) is 0 Å². The molecule has 0 heterocycles. The van der Waals surface area contributed by atoms with Crippen LogP contribution in [0, 0.1) is 17.8 Å². The van der Waals surface area contributed by atoms with E-state index in [4.69, 9.17) is 4.74 Å². The number of carbonyl (C=O) groups excluding carboxylic acids is 1. The molecule has 0 amide bonds. The van der Waals surface area contributed by atoms with E-state index in [1.54, 1.807) is 0 Å². The van der Waals surface area contributed by atoms with Gasteiger partial charge < -0.3 is 4.74 Å². The molecule has 21 heavy (non-hydrogen) atoms. The maximum Gasteiger partial charge on any atom is 0.306 e. The first-order valence-corrected chi connectivity index (χ1v) is 9.42. The van der Waals surface area contributed by atoms with Crippen molar-refractivity contribution in [3.05, 3.63) is 0 Å². The maximum absolute atomic E-state index is 11.6. The Kier molecular flexibility index (Phi) is 7.06. The van der Waals surface area contributed by atoms with E-state index in [0.29, 0.717) is 6.42 Å². The van der Waals surface area contributed by atoms with E-state index in [2.05, 4.69) is 6.92 Å². The maximum atomic E-state index is 11.6. The molecule has 2 aliphatic rings. The van der Waals surface area contributed by atoms with Crippen molar-refractivity contribution in [2.24, 2.45) is 17.8 Å². The van der Waals surface area contributed by atoms with Crippen LogP contribution in [0.5, 0.6) is 0 Å². The van der Waals surface area contributed by atoms with Crippen molar-refractivity contribution >= 4 is 5.97 Å². The SMILES string of the molecule is CCCC(=O)O[C@H]1CC[C@H]([C@H]2CC[C@H](CCC)CC2)CC1. The molecule has 2 nitrogen and oxygen atoms in total. The summed E-state index contributed by atoms with van der Waals surface area (Å²) in [5.74, 6) is 2.90. The van der Waals surface area contributed by atoms with Crippen molar-refractivity contribution in [1.29, 1.82) is 0 Å². The lowest BCUT2D eigenvalue weighted by atomic mass is 9.70. The van der Waals surface area contributed by atoms with Crippen LogP contribution in [-0.2, 0) is 9.53 Å². The number of esters is 1. The summed E-state index contributed by atoms with van der Waals surface area (Å²) >= 11 is 0. The lowest BCUT2D eigenvalue weighted by Crippen LogP contribution is -2.29. The Labute approximate surface area is 131 Å². The van der Waals surface area contributed by atoms with Gasteiger partial charge in [-0.25, -0.2) is 0 Å². The van der Waals surface area contributed by atoms with Crippen LogP contribution < -0.4 is 0 Å². The molecule has 0 saturated heterocycles. The summed E-state index contributed by atoms with van der Waals surface area (Å²) in [6, 6.07) is 0. The van der Waals surface area contributed by atoms with Crippen molar-refractivity contribution in [2.45, 2.75) is 97.0 Å². The molecule has 2 heteroatoms. The first kappa shape index (κ1) is 16.8. The van der Waals surface area contributed by atoms with Crippen LogP contribution in [0.1, 0.15) is 90.9 Å². The summed E-state index contributed by atoms with van der Waals surface area (Å²) in [4.78, 5) is 11.6. The van der Waals surface area contributed by atoms with Crippen molar-refractivity contribution in [3.8, 4) is 0 Å². The van der Waals surface area contributed by atoms with Gasteiger partial charge in [-0.2, -0.15) is 0 Å². The van der Waals surface area contributed by atoms with E-state index < -0.39 is 0 Å². The molecule has 2 rings (SSSR count). The van der Waals surface area contributed by atoms with Crippen molar-refractivity contribution in [3.63, 3.8) is 0 Å². The Bertz CT molecular complexity index is 297. The van der Waals surface area contributed by atoms with Gasteiger partial charge >= 0.3 is 5.97 Å². The standard InChI is InChI=1S/C19H34O2/c1-3-5-15-7-9-16(10-8-15)17-11-13-18(14-12-17)21-19(20)6-4-2/h15-18H,3-14H2,1-2H3/t15-,16-,17-,18-. The fourth-order valence-electron chi connectivity index (χ4n) is 4.48. The Morgan fingerprint density at radius 3 is 1.95 bits per heavy atom. The molecule has 0 radical (unpaired) electrons. The quantitative estimate of drug-likeness (QED) is 0.605. The van der Waals surface area contributed by atoms with Crippen LogP contribution in [0.3, 0.4) is 0 Å². The average molecular weight is 294 g/mol. The molecule has 0 atom stereocenters. The highest BCUT2D eigenvalue weighted by atomic mass is 16.5. The zero-order chi connectivity index (χ0) is 15.1. The van der Waals surface area contributed by atoms with Gasteiger partial charge in [0.05, 0.1) is 0 Å². The molecule has 0 spiro atoms. The molecule has 0 aromatic rings. The third-order valence-corrected chi connectivity index (χ3v) is 5.73. The molecule has 2 aliphatic carbocycles. The first-order chi connectivity index (χ1) is 10.2. The normalized spacial score (nSPS) is 33.6. The van der Waals surface area contributed by atoms with Gasteiger partial charge in [0.15, 0.2) is 0 Å². The second-order valence-corrected chi connectivity index (χ2v) is 7.35. The van der Waals surface area contributed by atoms with Crippen molar-refractivity contribution < 1.29 is 9.53 Å². The topological polar surface area (TPSA) is 26.3 Å². The highest BCUT2D eigenvalue weighted by Crippen LogP contribution is 2.41. The van der Waals surface area contributed by atoms with Crippen LogP contribution >= 0.6 is 0 Å². The smallest absolute Gasteiger partial charge is 0.306 e. The Hall–Kier alpha value is -0.530. The molecular weight excluding hydrogens is 260 g/mol. The summed E-state index contributed by atoms with van der Waals surface area (Å²) in [6.45, 7) is 4.35. The number of hydrogen-bond acceptors (Lipinski definition) is 2. The average Bonchev–Trinajstić information content (AvgIpc) is 2.49. The number of rotatable bonds is 6. The van der Waals surface area contributed by atoms with Gasteiger partial charge in [0.2, 0.25) is 0 Å². The second kappa shape index (κ2) is 8.80. The van der Waals surface area contributed by atoms with Gasteiger partial charge in [-0.3, -0.25) is 4.79 Å². The number of carbonyl (C=O) groups is 1. The zero-order valence-corrected chi connectivity index (χ0v) is 14.1. The Morgan fingerprint density at radius 2 is 1.43 bits per heavy atom. The molecule has 2 saturated carbocycles. The third kappa shape index (κ3) is 5.30. The minimum Gasteiger partial charge on any atom is -0.462 e. The van der Waals surface area contributed by atoms with Gasteiger partial charge in [-0.05, 0) is 62.7 Å². The minimum atomic E-state index is 0.0148. The Morgan fingerprint density at radius 1 is 0.857 bits per heavy atom. The molecule has 0 N–H and O–H groups in total. The van der Waals surface area contributed by atoms with E-state index in [-0.39, 0.29) is 12.1 Å². The molecule has 0 aromatic carbocycles. The summed E-state index contributed by atoms with van der Waals surface area (Å²) in [5, 5.41) is 0. The lowest BCUT2D eigenvalue weighted by molar-refractivity contribution is -0.151. The fourth-order valence-corrected chi connectivity index (χ4v) is 4.48. The van der Waals surface area contributed by atoms with E-state index in [0.717, 1.165) is 37.0 Å². The van der Waals surface area contributed by atoms with Gasteiger partial charge in [0.1, 0.15) is 6.10 Å². The molecule has 0 bridgehead atoms. The summed E-state index contributed by atoms with van der Waals surface area (Å²) in [7, 11) is 0. The van der Waals surface area contributed by atoms with Crippen LogP contribution in [-0.4, -0.2) is 12.1 Å². The van der Waals surface area contributed by atoms with E-state index in [9.17, 15) is 4.79 Å². The molecule has 0 unspecified atom stereocenters. The number of hydrogen-bond donors (Lipinski definition) is 0. The summed E-state index contributed by atoms with van der Waals surface area (Å²) in [6.07, 6.45) is 15.1. The molecule has 0 aliphatic heterocycles. The predicted octanol–water partition coefficient (Wildman–Crippen LogP) is 5.50. The van der Waals surface area contributed by atoms with Crippen LogP contribution in [0.25, 0.3) is 0 Å². The third-order valence-electron chi connectivity index (χ3n) is 5.73. The van der Waals surface area contributed by atoms with Crippen LogP contribution in [0.2, 0.25) is 0 Å². The molecule has 0 aromatic heterocycles. The van der Waals surface area contributed by atoms with Crippen molar-refractivity contribution in [2.75, 3.05) is 0 Å². The largest absolute Gasteiger partial charge is 0.462 e. The monoisotopic (exact) mass is 294 g/mol. The summed E-state index contributed by atoms with van der Waals surface area (Å²) < 4.78 is 5.58. The van der Waals surface area contributed by atoms with E-state index in [1.165, 1.54) is 51.4 Å². The fraction of sp³-hybridized carbons (Fsp3) is 0.947. The van der Waals surface area contributed by atoms with Crippen molar-refractivity contribution in [1.82, 2.24) is 0 Å². The van der Waals surface area contributed by atoms with E-state index in [1.807, 2.05) is 6.92 Å². The molecule has 2 fully saturated rings. The number of ether oxygens (including phenoxy) is 1. The highest BCUT2D eigenvalue weighted by molar-refractivity contribution is 5.69. The Balaban J connectivity index is 1.66. The highest BCUT2D eigenvalue weighted by Gasteiger charge is 2.31. The van der Waals surface area contributed by atoms with Gasteiger partial charge in [-0.1, -0.05) is 39.5 Å². The molecular formula is C19H34O2. The van der Waals surface area contributed by atoms with Gasteiger partial charge in [0.25, 0.3) is 0 Å². The first-order valence-electron chi connectivity index (χ1n) is 9.42. The summed E-state index contributed by atoms with van der Waals surface area (Å²) in [5.41, 5.74) is 0. The second-order valence-electron chi connectivity index (χ2n) is 7.35. The van der Waals surface area contributed by atoms with Gasteiger partial charge in [0, 0.05) is 6.42 Å². The van der Waals surface area contributed by atoms with Gasteiger partial charge in [-0.15, -0.1) is 0 Å². The molecule has 122 valence electrons. The van der Waals surface area contributed by atoms with E-state index >= 15 is 0 Å².